The Bertz CT molecular complexity index is 1300. The fourth-order valence-corrected chi connectivity index (χ4v) is 11.4. The Balaban J connectivity index is 2.53. The number of fused-ring (bicyclic) bond motifs is 2. The third-order valence-electron chi connectivity index (χ3n) is 6.41. The molecule has 185 valence electrons. The summed E-state index contributed by atoms with van der Waals surface area (Å²) in [6.45, 7) is 12.5. The van der Waals surface area contributed by atoms with Gasteiger partial charge in [-0.05, 0) is 16.1 Å². The zero-order valence-corrected chi connectivity index (χ0v) is 20.6. The Labute approximate surface area is 192 Å². The van der Waals surface area contributed by atoms with Crippen LogP contribution >= 0.6 is 0 Å². The minimum absolute atomic E-state index is 0.257. The van der Waals surface area contributed by atoms with Crippen LogP contribution in [0.5, 0.6) is 5.75 Å². The Kier molecular flexibility index (Phi) is 6.48. The summed E-state index contributed by atoms with van der Waals surface area (Å²) in [6, 6.07) is 1.44. The molecule has 3 rings (SSSR count). The van der Waals surface area contributed by atoms with E-state index in [4.69, 9.17) is 4.43 Å². The predicted octanol–water partition coefficient (Wildman–Crippen LogP) is 8.85. The molecule has 0 aliphatic heterocycles. The van der Waals surface area contributed by atoms with E-state index in [2.05, 4.69) is 0 Å². The Hall–Kier alpha value is -2.36. The van der Waals surface area contributed by atoms with Gasteiger partial charge >= 0.3 is 0 Å². The predicted molar refractivity (Wildman–Crippen MR) is 116 cm³/mol. The molecule has 10 heteroatoms. The number of hydrogen-bond acceptors (Lipinski definition) is 1. The van der Waals surface area contributed by atoms with E-state index in [0.717, 1.165) is 0 Å². The number of hydrogen-bond donors (Lipinski definition) is 0. The van der Waals surface area contributed by atoms with Crippen LogP contribution in [0, 0.1) is 52.6 Å². The van der Waals surface area contributed by atoms with Crippen molar-refractivity contribution in [3.8, 4) is 5.75 Å². The lowest BCUT2D eigenvalue weighted by atomic mass is 9.99. The molecule has 3 aromatic rings. The molecule has 0 spiro atoms. The average molecular weight is 508 g/mol. The molecule has 0 amide bonds. The number of halogens is 8. The lowest BCUT2D eigenvalue weighted by Gasteiger charge is -2.48. The maximum absolute atomic E-state index is 15.6. The van der Waals surface area contributed by atoms with E-state index < -0.39 is 87.2 Å². The van der Waals surface area contributed by atoms with E-state index in [0.29, 0.717) is 0 Å². The van der Waals surface area contributed by atoms with Crippen molar-refractivity contribution in [2.75, 3.05) is 0 Å². The van der Waals surface area contributed by atoms with Gasteiger partial charge in [0, 0.05) is 11.5 Å². The minimum Gasteiger partial charge on any atom is -0.538 e. The van der Waals surface area contributed by atoms with Gasteiger partial charge in [-0.25, -0.2) is 30.7 Å². The maximum atomic E-state index is 15.6. The molecule has 0 N–H and O–H groups in total. The summed E-state index contributed by atoms with van der Waals surface area (Å²) in [5.41, 5.74) is -0.514. The van der Waals surface area contributed by atoms with Gasteiger partial charge < -0.3 is 4.43 Å². The van der Waals surface area contributed by atoms with E-state index in [1.807, 2.05) is 0 Å². The van der Waals surface area contributed by atoms with Gasteiger partial charge in [0.05, 0.1) is 16.2 Å². The lowest BCUT2D eigenvalue weighted by Crippen LogP contribution is -2.55. The van der Waals surface area contributed by atoms with Crippen LogP contribution in [-0.2, 0) is 0 Å². The third-order valence-corrected chi connectivity index (χ3v) is 12.7. The minimum atomic E-state index is -3.23. The van der Waals surface area contributed by atoms with Crippen molar-refractivity contribution < 1.29 is 39.5 Å². The third kappa shape index (κ3) is 3.47. The fourth-order valence-electron chi connectivity index (χ4n) is 5.26. The van der Waals surface area contributed by atoms with Crippen LogP contribution in [0.2, 0.25) is 16.1 Å². The van der Waals surface area contributed by atoms with E-state index in [-0.39, 0.29) is 11.1 Å². The summed E-state index contributed by atoms with van der Waals surface area (Å²) in [7, 11) is -3.23. The van der Waals surface area contributed by atoms with Crippen LogP contribution in [0.1, 0.15) is 48.5 Å². The van der Waals surface area contributed by atoms with Crippen molar-refractivity contribution in [2.24, 2.45) is 0 Å². The number of benzene rings is 3. The van der Waals surface area contributed by atoms with Crippen LogP contribution < -0.4 is 4.43 Å². The van der Waals surface area contributed by atoms with Crippen LogP contribution in [0.3, 0.4) is 0 Å². The summed E-state index contributed by atoms with van der Waals surface area (Å²) >= 11 is 0. The molecule has 0 bridgehead atoms. The van der Waals surface area contributed by atoms with Gasteiger partial charge in [-0.2, -0.15) is 4.39 Å². The normalized spacial score (nSPS) is 13.1. The molecule has 34 heavy (non-hydrogen) atoms. The first-order chi connectivity index (χ1) is 15.5. The smallest absolute Gasteiger partial charge is 0.261 e. The van der Waals surface area contributed by atoms with Crippen LogP contribution in [-0.4, -0.2) is 8.32 Å². The molecule has 0 saturated heterocycles. The molecular formula is C24H23F8OSi. The molecule has 0 heterocycles. The standard InChI is InChI=1S/C24H23F8OSi/c1-9(2)34(10(3)4,24(5,6)7)33-23-21(31)15-14(20(30)22(23)32)16(26)11-8-12(25)17(27)19(29)13(11)18(15)28/h9-10H,1-7H3. The van der Waals surface area contributed by atoms with Gasteiger partial charge in [0.1, 0.15) is 11.6 Å². The monoisotopic (exact) mass is 507 g/mol. The highest BCUT2D eigenvalue weighted by atomic mass is 28.4. The van der Waals surface area contributed by atoms with Crippen LogP contribution in [0.15, 0.2) is 0 Å². The van der Waals surface area contributed by atoms with E-state index >= 15 is 22.0 Å². The summed E-state index contributed by atoms with van der Waals surface area (Å²) < 4.78 is 124. The van der Waals surface area contributed by atoms with Gasteiger partial charge in [0.25, 0.3) is 8.32 Å². The van der Waals surface area contributed by atoms with Gasteiger partial charge in [-0.3, -0.25) is 0 Å². The molecule has 3 aromatic carbocycles. The molecule has 0 atom stereocenters. The SMILES string of the molecule is CC(C)[Si](Oc1c(F)c(F)c2c(F)c3[c]c(F)c(F)c(F)c3c(F)c2c1F)(C(C)C)C(C)(C)C. The zero-order valence-electron chi connectivity index (χ0n) is 19.6. The second kappa shape index (κ2) is 8.39. The van der Waals surface area contributed by atoms with E-state index in [1.54, 1.807) is 48.5 Å². The average Bonchev–Trinajstić information content (AvgIpc) is 2.71. The van der Waals surface area contributed by atoms with Gasteiger partial charge in [0.15, 0.2) is 34.8 Å². The first kappa shape index (κ1) is 26.2. The Morgan fingerprint density at radius 2 is 1.09 bits per heavy atom. The van der Waals surface area contributed by atoms with Crippen molar-refractivity contribution in [1.82, 2.24) is 0 Å². The largest absolute Gasteiger partial charge is 0.538 e. The van der Waals surface area contributed by atoms with Crippen molar-refractivity contribution >= 4 is 29.9 Å². The van der Waals surface area contributed by atoms with Crippen molar-refractivity contribution in [3.05, 3.63) is 52.6 Å². The van der Waals surface area contributed by atoms with Crippen molar-refractivity contribution in [1.29, 1.82) is 0 Å². The Morgan fingerprint density at radius 3 is 1.56 bits per heavy atom. The van der Waals surface area contributed by atoms with Gasteiger partial charge in [-0.1, -0.05) is 48.5 Å². The highest BCUT2D eigenvalue weighted by Crippen LogP contribution is 2.52. The first-order valence-corrected chi connectivity index (χ1v) is 12.6. The van der Waals surface area contributed by atoms with E-state index in [1.165, 1.54) is 6.07 Å². The van der Waals surface area contributed by atoms with Crippen LogP contribution in [0.25, 0.3) is 21.5 Å². The number of rotatable bonds is 4. The highest BCUT2D eigenvalue weighted by molar-refractivity contribution is 6.79. The van der Waals surface area contributed by atoms with Crippen molar-refractivity contribution in [3.63, 3.8) is 0 Å². The molecule has 1 radical (unpaired) electrons. The van der Waals surface area contributed by atoms with Crippen LogP contribution in [0.4, 0.5) is 35.1 Å². The topological polar surface area (TPSA) is 9.23 Å². The van der Waals surface area contributed by atoms with E-state index in [9.17, 15) is 13.2 Å². The molecule has 0 fully saturated rings. The van der Waals surface area contributed by atoms with Gasteiger partial charge in [-0.15, -0.1) is 0 Å². The maximum Gasteiger partial charge on any atom is 0.261 e. The lowest BCUT2D eigenvalue weighted by molar-refractivity contribution is 0.381. The summed E-state index contributed by atoms with van der Waals surface area (Å²) in [4.78, 5) is 0. The van der Waals surface area contributed by atoms with Gasteiger partial charge in [0.2, 0.25) is 5.82 Å². The molecule has 0 saturated carbocycles. The quantitative estimate of drug-likeness (QED) is 0.113. The molecule has 0 aliphatic carbocycles. The highest BCUT2D eigenvalue weighted by Gasteiger charge is 2.54. The first-order valence-electron chi connectivity index (χ1n) is 10.6. The summed E-state index contributed by atoms with van der Waals surface area (Å²) in [5.74, 6) is -17.1. The molecule has 0 aliphatic rings. The van der Waals surface area contributed by atoms with Crippen molar-refractivity contribution in [2.45, 2.75) is 64.6 Å². The Morgan fingerprint density at radius 1 is 0.618 bits per heavy atom. The molecule has 0 unspecified atom stereocenters. The second-order valence-electron chi connectivity index (χ2n) is 9.92. The molecule has 1 nitrogen and oxygen atoms in total. The molecular weight excluding hydrogens is 484 g/mol. The second-order valence-corrected chi connectivity index (χ2v) is 15.5. The fraction of sp³-hybridized carbons (Fsp3) is 0.417. The zero-order chi connectivity index (χ0) is 26.1. The summed E-state index contributed by atoms with van der Waals surface area (Å²) in [5, 5.41) is -6.44. The molecule has 0 aromatic heterocycles. The summed E-state index contributed by atoms with van der Waals surface area (Å²) in [6.07, 6.45) is 0.